The van der Waals surface area contributed by atoms with E-state index in [2.05, 4.69) is 17.4 Å². The van der Waals surface area contributed by atoms with Gasteiger partial charge in [0.05, 0.1) is 12.5 Å². The summed E-state index contributed by atoms with van der Waals surface area (Å²) in [5, 5.41) is 12.4. The normalized spacial score (nSPS) is 16.9. The Morgan fingerprint density at radius 3 is 2.64 bits per heavy atom. The Bertz CT molecular complexity index is 666. The van der Waals surface area contributed by atoms with E-state index in [4.69, 9.17) is 0 Å². The first-order valence-corrected chi connectivity index (χ1v) is 7.82. The number of fused-ring (bicyclic) bond motifs is 1. The Hall–Kier alpha value is -2.13. The van der Waals surface area contributed by atoms with Gasteiger partial charge in [-0.05, 0) is 41.5 Å². The van der Waals surface area contributed by atoms with Gasteiger partial charge < -0.3 is 10.4 Å². The van der Waals surface area contributed by atoms with E-state index < -0.39 is 0 Å². The molecule has 114 valence electrons. The van der Waals surface area contributed by atoms with Crippen LogP contribution in [0.3, 0.4) is 0 Å². The highest BCUT2D eigenvalue weighted by Gasteiger charge is 2.25. The smallest absolute Gasteiger partial charge is 0.227 e. The first kappa shape index (κ1) is 14.8. The van der Waals surface area contributed by atoms with Crippen LogP contribution in [-0.4, -0.2) is 11.0 Å². The molecule has 22 heavy (non-hydrogen) atoms. The summed E-state index contributed by atoms with van der Waals surface area (Å²) in [7, 11) is 0. The van der Waals surface area contributed by atoms with Crippen LogP contribution in [0.2, 0.25) is 0 Å². The maximum Gasteiger partial charge on any atom is 0.227 e. The molecule has 3 nitrogen and oxygen atoms in total. The SMILES string of the molecule is O=C(NCc1ccccc1CO)[C@H]1CCCc2ccccc21. The van der Waals surface area contributed by atoms with Gasteiger partial charge in [-0.1, -0.05) is 48.5 Å². The number of aliphatic hydroxyl groups excluding tert-OH is 1. The number of amides is 1. The van der Waals surface area contributed by atoms with Crippen molar-refractivity contribution in [1.29, 1.82) is 0 Å². The average Bonchev–Trinajstić information content (AvgIpc) is 2.59. The van der Waals surface area contributed by atoms with E-state index in [1.54, 1.807) is 0 Å². The number of aliphatic hydroxyl groups is 1. The lowest BCUT2D eigenvalue weighted by Gasteiger charge is -2.24. The highest BCUT2D eigenvalue weighted by molar-refractivity contribution is 5.84. The minimum absolute atomic E-state index is 0.00168. The molecular formula is C19H21NO2. The minimum Gasteiger partial charge on any atom is -0.392 e. The van der Waals surface area contributed by atoms with Crippen LogP contribution in [0.1, 0.15) is 41.0 Å². The van der Waals surface area contributed by atoms with E-state index in [1.807, 2.05) is 36.4 Å². The van der Waals surface area contributed by atoms with Crippen molar-refractivity contribution in [1.82, 2.24) is 5.32 Å². The maximum absolute atomic E-state index is 12.6. The van der Waals surface area contributed by atoms with Gasteiger partial charge in [-0.2, -0.15) is 0 Å². The van der Waals surface area contributed by atoms with Crippen molar-refractivity contribution in [2.75, 3.05) is 0 Å². The summed E-state index contributed by atoms with van der Waals surface area (Å²) >= 11 is 0. The van der Waals surface area contributed by atoms with E-state index in [9.17, 15) is 9.90 Å². The number of carbonyl (C=O) groups is 1. The van der Waals surface area contributed by atoms with Crippen LogP contribution in [-0.2, 0) is 24.4 Å². The quantitative estimate of drug-likeness (QED) is 0.911. The largest absolute Gasteiger partial charge is 0.392 e. The molecule has 0 aliphatic heterocycles. The summed E-state index contributed by atoms with van der Waals surface area (Å²) in [6.45, 7) is 0.465. The van der Waals surface area contributed by atoms with Gasteiger partial charge in [0.1, 0.15) is 0 Å². The van der Waals surface area contributed by atoms with E-state index in [0.29, 0.717) is 6.54 Å². The lowest BCUT2D eigenvalue weighted by Crippen LogP contribution is -2.31. The Morgan fingerprint density at radius 2 is 1.82 bits per heavy atom. The molecule has 1 amide bonds. The lowest BCUT2D eigenvalue weighted by atomic mass is 9.82. The van der Waals surface area contributed by atoms with Gasteiger partial charge in [0.25, 0.3) is 0 Å². The van der Waals surface area contributed by atoms with Gasteiger partial charge in [0, 0.05) is 6.54 Å². The topological polar surface area (TPSA) is 49.3 Å². The lowest BCUT2D eigenvalue weighted by molar-refractivity contribution is -0.123. The summed E-state index contributed by atoms with van der Waals surface area (Å²) in [6.07, 6.45) is 3.03. The molecule has 3 rings (SSSR count). The number of aryl methyl sites for hydroxylation is 1. The van der Waals surface area contributed by atoms with E-state index in [-0.39, 0.29) is 18.4 Å². The Balaban J connectivity index is 1.71. The molecule has 0 fully saturated rings. The molecule has 2 aromatic carbocycles. The van der Waals surface area contributed by atoms with E-state index in [1.165, 1.54) is 11.1 Å². The van der Waals surface area contributed by atoms with Crippen molar-refractivity contribution < 1.29 is 9.90 Å². The highest BCUT2D eigenvalue weighted by Crippen LogP contribution is 2.31. The first-order valence-electron chi connectivity index (χ1n) is 7.82. The second-order valence-corrected chi connectivity index (χ2v) is 5.79. The first-order chi connectivity index (χ1) is 10.8. The zero-order chi connectivity index (χ0) is 15.4. The Kier molecular flexibility index (Phi) is 4.54. The van der Waals surface area contributed by atoms with Crippen LogP contribution in [0.4, 0.5) is 0 Å². The molecule has 2 aromatic rings. The molecule has 0 saturated carbocycles. The zero-order valence-electron chi connectivity index (χ0n) is 12.6. The Labute approximate surface area is 131 Å². The van der Waals surface area contributed by atoms with Crippen LogP contribution >= 0.6 is 0 Å². The molecule has 1 aliphatic rings. The third-order valence-corrected chi connectivity index (χ3v) is 4.43. The molecule has 0 spiro atoms. The van der Waals surface area contributed by atoms with Crippen molar-refractivity contribution in [3.05, 3.63) is 70.8 Å². The molecular weight excluding hydrogens is 274 g/mol. The predicted octanol–water partition coefficient (Wildman–Crippen LogP) is 2.92. The standard InChI is InChI=1S/C19H21NO2/c21-13-16-8-2-1-7-15(16)12-20-19(22)18-11-5-9-14-6-3-4-10-17(14)18/h1-4,6-8,10,18,21H,5,9,11-13H2,(H,20,22)/t18-/m0/s1. The average molecular weight is 295 g/mol. The van der Waals surface area contributed by atoms with E-state index in [0.717, 1.165) is 30.4 Å². The number of benzene rings is 2. The van der Waals surface area contributed by atoms with Crippen molar-refractivity contribution in [3.8, 4) is 0 Å². The molecule has 1 atom stereocenters. The van der Waals surface area contributed by atoms with E-state index >= 15 is 0 Å². The summed E-state index contributed by atoms with van der Waals surface area (Å²) < 4.78 is 0. The maximum atomic E-state index is 12.6. The van der Waals surface area contributed by atoms with Crippen LogP contribution in [0, 0.1) is 0 Å². The van der Waals surface area contributed by atoms with Crippen molar-refractivity contribution in [2.45, 2.75) is 38.3 Å². The van der Waals surface area contributed by atoms with Gasteiger partial charge >= 0.3 is 0 Å². The fourth-order valence-electron chi connectivity index (χ4n) is 3.22. The Morgan fingerprint density at radius 1 is 1.09 bits per heavy atom. The number of rotatable bonds is 4. The third kappa shape index (κ3) is 3.04. The number of nitrogens with one attached hydrogen (secondary N) is 1. The molecule has 0 unspecified atom stereocenters. The van der Waals surface area contributed by atoms with Gasteiger partial charge in [-0.3, -0.25) is 4.79 Å². The molecule has 0 aromatic heterocycles. The predicted molar refractivity (Wildman–Crippen MR) is 86.3 cm³/mol. The number of carbonyl (C=O) groups excluding carboxylic acids is 1. The summed E-state index contributed by atoms with van der Waals surface area (Å²) in [6, 6.07) is 15.9. The van der Waals surface area contributed by atoms with Gasteiger partial charge in [-0.15, -0.1) is 0 Å². The number of hydrogen-bond donors (Lipinski definition) is 2. The van der Waals surface area contributed by atoms with Crippen molar-refractivity contribution >= 4 is 5.91 Å². The van der Waals surface area contributed by atoms with Crippen LogP contribution in [0.25, 0.3) is 0 Å². The second kappa shape index (κ2) is 6.75. The summed E-state index contributed by atoms with van der Waals surface area (Å²) in [5.41, 5.74) is 4.31. The minimum atomic E-state index is -0.0498. The van der Waals surface area contributed by atoms with Crippen molar-refractivity contribution in [2.24, 2.45) is 0 Å². The van der Waals surface area contributed by atoms with Gasteiger partial charge in [0.2, 0.25) is 5.91 Å². The van der Waals surface area contributed by atoms with Crippen LogP contribution < -0.4 is 5.32 Å². The van der Waals surface area contributed by atoms with Gasteiger partial charge in [-0.25, -0.2) is 0 Å². The molecule has 1 aliphatic carbocycles. The molecule has 2 N–H and O–H groups in total. The number of hydrogen-bond acceptors (Lipinski definition) is 2. The summed E-state index contributed by atoms with van der Waals surface area (Å²) in [4.78, 5) is 12.6. The monoisotopic (exact) mass is 295 g/mol. The van der Waals surface area contributed by atoms with Crippen LogP contribution in [0.5, 0.6) is 0 Å². The molecule has 0 saturated heterocycles. The fraction of sp³-hybridized carbons (Fsp3) is 0.316. The van der Waals surface area contributed by atoms with Crippen molar-refractivity contribution in [3.63, 3.8) is 0 Å². The molecule has 3 heteroatoms. The van der Waals surface area contributed by atoms with Gasteiger partial charge in [0.15, 0.2) is 0 Å². The zero-order valence-corrected chi connectivity index (χ0v) is 12.6. The highest BCUT2D eigenvalue weighted by atomic mass is 16.3. The molecule has 0 bridgehead atoms. The molecule has 0 radical (unpaired) electrons. The molecule has 0 heterocycles. The fourth-order valence-corrected chi connectivity index (χ4v) is 3.22. The third-order valence-electron chi connectivity index (χ3n) is 4.43. The second-order valence-electron chi connectivity index (χ2n) is 5.79. The summed E-state index contributed by atoms with van der Waals surface area (Å²) in [5.74, 6) is 0.0335. The van der Waals surface area contributed by atoms with Crippen LogP contribution in [0.15, 0.2) is 48.5 Å².